The lowest BCUT2D eigenvalue weighted by Crippen LogP contribution is -2.07. The SMILES string of the molecule is CC(C)C(CC=O)c1cccc(F)c1. The number of halogens is 1. The summed E-state index contributed by atoms with van der Waals surface area (Å²) in [5.41, 5.74) is 0.909. The second-order valence-corrected chi connectivity index (χ2v) is 3.81. The molecule has 0 amide bonds. The summed E-state index contributed by atoms with van der Waals surface area (Å²) in [6.45, 7) is 4.08. The molecule has 0 aliphatic rings. The topological polar surface area (TPSA) is 17.1 Å². The van der Waals surface area contributed by atoms with Crippen LogP contribution >= 0.6 is 0 Å². The van der Waals surface area contributed by atoms with Gasteiger partial charge in [-0.2, -0.15) is 0 Å². The second kappa shape index (κ2) is 4.89. The molecule has 1 atom stereocenters. The predicted octanol–water partition coefficient (Wildman–Crippen LogP) is 3.15. The lowest BCUT2D eigenvalue weighted by molar-refractivity contribution is -0.108. The highest BCUT2D eigenvalue weighted by molar-refractivity contribution is 5.51. The Kier molecular flexibility index (Phi) is 3.81. The van der Waals surface area contributed by atoms with Gasteiger partial charge in [-0.25, -0.2) is 4.39 Å². The van der Waals surface area contributed by atoms with Crippen molar-refractivity contribution in [3.05, 3.63) is 35.6 Å². The van der Waals surface area contributed by atoms with Crippen LogP contribution in [0.3, 0.4) is 0 Å². The molecule has 0 heterocycles. The summed E-state index contributed by atoms with van der Waals surface area (Å²) >= 11 is 0. The van der Waals surface area contributed by atoms with Crippen molar-refractivity contribution in [3.63, 3.8) is 0 Å². The van der Waals surface area contributed by atoms with E-state index in [1.54, 1.807) is 6.07 Å². The zero-order valence-electron chi connectivity index (χ0n) is 8.53. The van der Waals surface area contributed by atoms with Gasteiger partial charge in [0.05, 0.1) is 0 Å². The molecule has 1 aromatic rings. The van der Waals surface area contributed by atoms with Gasteiger partial charge in [-0.3, -0.25) is 0 Å². The maximum absolute atomic E-state index is 12.9. The molecule has 1 unspecified atom stereocenters. The van der Waals surface area contributed by atoms with Crippen molar-refractivity contribution in [2.75, 3.05) is 0 Å². The number of carbonyl (C=O) groups is 1. The molecule has 1 nitrogen and oxygen atoms in total. The summed E-state index contributed by atoms with van der Waals surface area (Å²) in [5.74, 6) is 0.240. The van der Waals surface area contributed by atoms with Gasteiger partial charge < -0.3 is 4.79 Å². The van der Waals surface area contributed by atoms with E-state index in [1.807, 2.05) is 19.9 Å². The molecule has 0 fully saturated rings. The first kappa shape index (κ1) is 10.9. The van der Waals surface area contributed by atoms with Crippen LogP contribution in [0.25, 0.3) is 0 Å². The molecule has 0 spiro atoms. The van der Waals surface area contributed by atoms with Gasteiger partial charge in [0.15, 0.2) is 0 Å². The van der Waals surface area contributed by atoms with Crippen LogP contribution in [0.15, 0.2) is 24.3 Å². The summed E-state index contributed by atoms with van der Waals surface area (Å²) < 4.78 is 12.9. The Morgan fingerprint density at radius 3 is 2.64 bits per heavy atom. The highest BCUT2D eigenvalue weighted by Gasteiger charge is 2.15. The molecule has 0 bridgehead atoms. The molecule has 2 heteroatoms. The Hall–Kier alpha value is -1.18. The van der Waals surface area contributed by atoms with Gasteiger partial charge >= 0.3 is 0 Å². The lowest BCUT2D eigenvalue weighted by Gasteiger charge is -2.18. The minimum absolute atomic E-state index is 0.128. The fourth-order valence-electron chi connectivity index (χ4n) is 1.63. The number of aldehydes is 1. The molecule has 0 N–H and O–H groups in total. The third-order valence-corrected chi connectivity index (χ3v) is 2.43. The molecule has 0 saturated carbocycles. The first-order valence-electron chi connectivity index (χ1n) is 4.84. The second-order valence-electron chi connectivity index (χ2n) is 3.81. The van der Waals surface area contributed by atoms with Crippen LogP contribution in [-0.2, 0) is 4.79 Å². The Morgan fingerprint density at radius 1 is 1.43 bits per heavy atom. The van der Waals surface area contributed by atoms with Crippen LogP contribution in [-0.4, -0.2) is 6.29 Å². The smallest absolute Gasteiger partial charge is 0.123 e. The standard InChI is InChI=1S/C12H15FO/c1-9(2)12(6-7-14)10-4-3-5-11(13)8-10/h3-5,7-9,12H,6H2,1-2H3. The summed E-state index contributed by atoms with van der Waals surface area (Å²) in [6, 6.07) is 6.48. The lowest BCUT2D eigenvalue weighted by atomic mass is 9.86. The van der Waals surface area contributed by atoms with Crippen molar-refractivity contribution in [1.82, 2.24) is 0 Å². The quantitative estimate of drug-likeness (QED) is 0.673. The van der Waals surface area contributed by atoms with E-state index >= 15 is 0 Å². The molecule has 0 radical (unpaired) electrons. The van der Waals surface area contributed by atoms with Gasteiger partial charge in [-0.15, -0.1) is 0 Å². The van der Waals surface area contributed by atoms with E-state index in [9.17, 15) is 9.18 Å². The summed E-state index contributed by atoms with van der Waals surface area (Å²) in [4.78, 5) is 10.5. The Labute approximate surface area is 83.9 Å². The van der Waals surface area contributed by atoms with Gasteiger partial charge in [0, 0.05) is 6.42 Å². The maximum Gasteiger partial charge on any atom is 0.123 e. The monoisotopic (exact) mass is 194 g/mol. The third-order valence-electron chi connectivity index (χ3n) is 2.43. The van der Waals surface area contributed by atoms with Crippen LogP contribution < -0.4 is 0 Å². The van der Waals surface area contributed by atoms with E-state index in [0.717, 1.165) is 11.8 Å². The molecule has 76 valence electrons. The average molecular weight is 194 g/mol. The first-order chi connectivity index (χ1) is 6.65. The van der Waals surface area contributed by atoms with Gasteiger partial charge in [0.2, 0.25) is 0 Å². The molecular formula is C12H15FO. The molecule has 1 aromatic carbocycles. The van der Waals surface area contributed by atoms with E-state index in [4.69, 9.17) is 0 Å². The van der Waals surface area contributed by atoms with E-state index in [1.165, 1.54) is 12.1 Å². The first-order valence-corrected chi connectivity index (χ1v) is 4.84. The van der Waals surface area contributed by atoms with E-state index in [2.05, 4.69) is 0 Å². The summed E-state index contributed by atoms with van der Waals surface area (Å²) in [5, 5.41) is 0. The van der Waals surface area contributed by atoms with Gasteiger partial charge in [-0.1, -0.05) is 26.0 Å². The van der Waals surface area contributed by atoms with Crippen molar-refractivity contribution < 1.29 is 9.18 Å². The van der Waals surface area contributed by atoms with E-state index in [-0.39, 0.29) is 11.7 Å². The summed E-state index contributed by atoms with van der Waals surface area (Å²) in [7, 11) is 0. The van der Waals surface area contributed by atoms with Crippen LogP contribution in [0, 0.1) is 11.7 Å². The highest BCUT2D eigenvalue weighted by atomic mass is 19.1. The zero-order valence-corrected chi connectivity index (χ0v) is 8.53. The molecule has 0 saturated heterocycles. The molecular weight excluding hydrogens is 179 g/mol. The van der Waals surface area contributed by atoms with Crippen LogP contribution in [0.5, 0.6) is 0 Å². The van der Waals surface area contributed by atoms with E-state index < -0.39 is 0 Å². The van der Waals surface area contributed by atoms with Crippen molar-refractivity contribution in [2.24, 2.45) is 5.92 Å². The molecule has 1 rings (SSSR count). The number of carbonyl (C=O) groups excluding carboxylic acids is 1. The predicted molar refractivity (Wildman–Crippen MR) is 54.7 cm³/mol. The number of rotatable bonds is 4. The third kappa shape index (κ3) is 2.66. The molecule has 0 aliphatic heterocycles. The largest absolute Gasteiger partial charge is 0.303 e. The fraction of sp³-hybridized carbons (Fsp3) is 0.417. The van der Waals surface area contributed by atoms with Crippen LogP contribution in [0.2, 0.25) is 0 Å². The Morgan fingerprint density at radius 2 is 2.14 bits per heavy atom. The van der Waals surface area contributed by atoms with Gasteiger partial charge in [0.1, 0.15) is 12.1 Å². The van der Waals surface area contributed by atoms with E-state index in [0.29, 0.717) is 12.3 Å². The molecule has 0 aliphatic carbocycles. The highest BCUT2D eigenvalue weighted by Crippen LogP contribution is 2.27. The normalized spacial score (nSPS) is 12.9. The summed E-state index contributed by atoms with van der Waals surface area (Å²) in [6.07, 6.45) is 1.36. The van der Waals surface area contributed by atoms with Crippen molar-refractivity contribution >= 4 is 6.29 Å². The zero-order chi connectivity index (χ0) is 10.6. The number of hydrogen-bond donors (Lipinski definition) is 0. The van der Waals surface area contributed by atoms with Crippen molar-refractivity contribution in [1.29, 1.82) is 0 Å². The van der Waals surface area contributed by atoms with Crippen molar-refractivity contribution in [3.8, 4) is 0 Å². The number of benzene rings is 1. The number of hydrogen-bond acceptors (Lipinski definition) is 1. The van der Waals surface area contributed by atoms with Crippen molar-refractivity contribution in [2.45, 2.75) is 26.2 Å². The molecule has 0 aromatic heterocycles. The van der Waals surface area contributed by atoms with Gasteiger partial charge in [0.25, 0.3) is 0 Å². The Balaban J connectivity index is 2.92. The Bertz CT molecular complexity index is 307. The van der Waals surface area contributed by atoms with Crippen LogP contribution in [0.4, 0.5) is 4.39 Å². The maximum atomic E-state index is 12.9. The van der Waals surface area contributed by atoms with Crippen LogP contribution in [0.1, 0.15) is 31.7 Å². The minimum atomic E-state index is -0.237. The average Bonchev–Trinajstić information content (AvgIpc) is 2.13. The van der Waals surface area contributed by atoms with Gasteiger partial charge in [-0.05, 0) is 29.5 Å². The fourth-order valence-corrected chi connectivity index (χ4v) is 1.63. The minimum Gasteiger partial charge on any atom is -0.303 e. The molecule has 14 heavy (non-hydrogen) atoms.